The van der Waals surface area contributed by atoms with Crippen molar-refractivity contribution in [1.82, 2.24) is 20.3 Å². The zero-order chi connectivity index (χ0) is 9.84. The summed E-state index contributed by atoms with van der Waals surface area (Å²) in [6, 6.07) is 0. The van der Waals surface area contributed by atoms with Crippen molar-refractivity contribution in [2.24, 2.45) is 13.0 Å². The summed E-state index contributed by atoms with van der Waals surface area (Å²) in [7, 11) is 3.88. The second-order valence-corrected chi connectivity index (χ2v) is 4.07. The van der Waals surface area contributed by atoms with E-state index in [9.17, 15) is 0 Å². The number of halogens is 1. The highest BCUT2D eigenvalue weighted by Crippen LogP contribution is 2.15. The third kappa shape index (κ3) is 2.77. The second kappa shape index (κ2) is 4.72. The highest BCUT2D eigenvalue weighted by Gasteiger charge is 2.11. The highest BCUT2D eigenvalue weighted by molar-refractivity contribution is 9.10. The van der Waals surface area contributed by atoms with E-state index in [1.807, 2.05) is 18.8 Å². The van der Waals surface area contributed by atoms with Gasteiger partial charge in [0.15, 0.2) is 4.60 Å². The molecule has 4 nitrogen and oxygen atoms in total. The average molecular weight is 247 g/mol. The van der Waals surface area contributed by atoms with Crippen LogP contribution in [0.5, 0.6) is 0 Å². The lowest BCUT2D eigenvalue weighted by Gasteiger charge is -2.09. The molecule has 0 fully saturated rings. The molecule has 1 N–H and O–H groups in total. The van der Waals surface area contributed by atoms with Crippen molar-refractivity contribution in [1.29, 1.82) is 0 Å². The van der Waals surface area contributed by atoms with E-state index in [1.54, 1.807) is 0 Å². The Hall–Kier alpha value is -0.420. The van der Waals surface area contributed by atoms with E-state index in [0.717, 1.165) is 23.3 Å². The van der Waals surface area contributed by atoms with Crippen molar-refractivity contribution in [2.75, 3.05) is 13.6 Å². The third-order valence-corrected chi connectivity index (χ3v) is 2.61. The molecule has 1 aromatic heterocycles. The Balaban J connectivity index is 2.62. The third-order valence-electron chi connectivity index (χ3n) is 1.99. The molecule has 1 rings (SSSR count). The van der Waals surface area contributed by atoms with Crippen molar-refractivity contribution in [3.05, 3.63) is 10.3 Å². The van der Waals surface area contributed by atoms with Gasteiger partial charge in [0.1, 0.15) is 0 Å². The highest BCUT2D eigenvalue weighted by atomic mass is 79.9. The molecular formula is C8H15BrN4. The van der Waals surface area contributed by atoms with Gasteiger partial charge in [-0.15, -0.1) is 5.10 Å². The SMILES string of the molecule is CNCC(C)Cc1c(Br)nnn1C. The number of aryl methyl sites for hydroxylation is 1. The first-order valence-corrected chi connectivity index (χ1v) is 5.13. The largest absolute Gasteiger partial charge is 0.319 e. The minimum atomic E-state index is 0.596. The molecule has 0 aliphatic rings. The predicted molar refractivity (Wildman–Crippen MR) is 55.5 cm³/mol. The molecule has 0 saturated heterocycles. The van der Waals surface area contributed by atoms with E-state index in [2.05, 4.69) is 38.5 Å². The fourth-order valence-corrected chi connectivity index (χ4v) is 1.81. The zero-order valence-corrected chi connectivity index (χ0v) is 9.80. The van der Waals surface area contributed by atoms with E-state index < -0.39 is 0 Å². The Kier molecular flexibility index (Phi) is 3.87. The van der Waals surface area contributed by atoms with Crippen molar-refractivity contribution < 1.29 is 0 Å². The molecule has 13 heavy (non-hydrogen) atoms. The van der Waals surface area contributed by atoms with Gasteiger partial charge >= 0.3 is 0 Å². The van der Waals surface area contributed by atoms with Gasteiger partial charge in [-0.05, 0) is 41.9 Å². The summed E-state index contributed by atoms with van der Waals surface area (Å²) < 4.78 is 2.67. The summed E-state index contributed by atoms with van der Waals surface area (Å²) in [4.78, 5) is 0. The number of nitrogens with one attached hydrogen (secondary N) is 1. The van der Waals surface area contributed by atoms with Crippen LogP contribution in [0.4, 0.5) is 0 Å². The van der Waals surface area contributed by atoms with Crippen LogP contribution in [0.25, 0.3) is 0 Å². The lowest BCUT2D eigenvalue weighted by atomic mass is 10.1. The van der Waals surface area contributed by atoms with Gasteiger partial charge in [-0.25, -0.2) is 0 Å². The molecule has 1 heterocycles. The van der Waals surface area contributed by atoms with E-state index in [0.29, 0.717) is 5.92 Å². The van der Waals surface area contributed by atoms with Gasteiger partial charge in [-0.3, -0.25) is 4.68 Å². The van der Waals surface area contributed by atoms with E-state index in [1.165, 1.54) is 0 Å². The molecule has 1 unspecified atom stereocenters. The molecule has 1 aromatic rings. The molecule has 0 spiro atoms. The number of hydrogen-bond acceptors (Lipinski definition) is 3. The standard InChI is InChI=1S/C8H15BrN4/c1-6(5-10-2)4-7-8(9)11-12-13(7)3/h6,10H,4-5H2,1-3H3. The maximum atomic E-state index is 3.94. The van der Waals surface area contributed by atoms with Gasteiger partial charge in [0.2, 0.25) is 0 Å². The van der Waals surface area contributed by atoms with Gasteiger partial charge in [-0.1, -0.05) is 12.1 Å². The van der Waals surface area contributed by atoms with Crippen LogP contribution in [0.2, 0.25) is 0 Å². The Morgan fingerprint density at radius 2 is 2.31 bits per heavy atom. The summed E-state index contributed by atoms with van der Waals surface area (Å²) in [6.45, 7) is 3.22. The fourth-order valence-electron chi connectivity index (χ4n) is 1.32. The topological polar surface area (TPSA) is 42.7 Å². The molecule has 0 radical (unpaired) electrons. The lowest BCUT2D eigenvalue weighted by molar-refractivity contribution is 0.518. The molecule has 0 bridgehead atoms. The van der Waals surface area contributed by atoms with Crippen LogP contribution in [0, 0.1) is 5.92 Å². The lowest BCUT2D eigenvalue weighted by Crippen LogP contribution is -2.19. The molecule has 0 aliphatic carbocycles. The Morgan fingerprint density at radius 3 is 2.77 bits per heavy atom. The van der Waals surface area contributed by atoms with Crippen LogP contribution >= 0.6 is 15.9 Å². The van der Waals surface area contributed by atoms with Crippen LogP contribution in [-0.2, 0) is 13.5 Å². The zero-order valence-electron chi connectivity index (χ0n) is 8.21. The van der Waals surface area contributed by atoms with Crippen LogP contribution in [0.3, 0.4) is 0 Å². The Bertz CT molecular complexity index is 252. The summed E-state index contributed by atoms with van der Waals surface area (Å²) in [5.41, 5.74) is 1.16. The monoisotopic (exact) mass is 246 g/mol. The first-order valence-electron chi connectivity index (χ1n) is 4.33. The molecule has 0 amide bonds. The minimum Gasteiger partial charge on any atom is -0.319 e. The van der Waals surface area contributed by atoms with Gasteiger partial charge in [0.25, 0.3) is 0 Å². The Morgan fingerprint density at radius 1 is 1.62 bits per heavy atom. The summed E-state index contributed by atoms with van der Waals surface area (Å²) >= 11 is 3.38. The molecule has 0 aromatic carbocycles. The minimum absolute atomic E-state index is 0.596. The predicted octanol–water partition coefficient (Wildman–Crippen LogP) is 0.976. The molecule has 0 aliphatic heterocycles. The molecule has 1 atom stereocenters. The van der Waals surface area contributed by atoms with Crippen LogP contribution in [0.15, 0.2) is 4.60 Å². The summed E-state index contributed by atoms with van der Waals surface area (Å²) in [6.07, 6.45) is 0.991. The van der Waals surface area contributed by atoms with Crippen LogP contribution in [-0.4, -0.2) is 28.6 Å². The molecule has 5 heteroatoms. The van der Waals surface area contributed by atoms with Crippen molar-refractivity contribution in [3.8, 4) is 0 Å². The number of nitrogens with zero attached hydrogens (tertiary/aromatic N) is 3. The molecule has 0 saturated carbocycles. The van der Waals surface area contributed by atoms with Gasteiger partial charge in [0, 0.05) is 7.05 Å². The van der Waals surface area contributed by atoms with Crippen molar-refractivity contribution >= 4 is 15.9 Å². The first-order chi connectivity index (χ1) is 6.15. The number of hydrogen-bond donors (Lipinski definition) is 1. The van der Waals surface area contributed by atoms with Crippen LogP contribution in [0.1, 0.15) is 12.6 Å². The second-order valence-electron chi connectivity index (χ2n) is 3.32. The Labute approximate surface area is 86.8 Å². The van der Waals surface area contributed by atoms with Crippen LogP contribution < -0.4 is 5.32 Å². The molecule has 74 valence electrons. The van der Waals surface area contributed by atoms with E-state index >= 15 is 0 Å². The fraction of sp³-hybridized carbons (Fsp3) is 0.750. The smallest absolute Gasteiger partial charge is 0.151 e. The van der Waals surface area contributed by atoms with Gasteiger partial charge < -0.3 is 5.32 Å². The summed E-state index contributed by atoms with van der Waals surface area (Å²) in [5.74, 6) is 0.596. The van der Waals surface area contributed by atoms with Crippen molar-refractivity contribution in [2.45, 2.75) is 13.3 Å². The normalized spacial score (nSPS) is 13.2. The maximum absolute atomic E-state index is 3.94. The van der Waals surface area contributed by atoms with Gasteiger partial charge in [-0.2, -0.15) is 0 Å². The average Bonchev–Trinajstić information content (AvgIpc) is 2.36. The maximum Gasteiger partial charge on any atom is 0.151 e. The van der Waals surface area contributed by atoms with Crippen molar-refractivity contribution in [3.63, 3.8) is 0 Å². The first kappa shape index (κ1) is 10.7. The molecular weight excluding hydrogens is 232 g/mol. The number of aromatic nitrogens is 3. The summed E-state index contributed by atoms with van der Waals surface area (Å²) in [5, 5.41) is 11.0. The quantitative estimate of drug-likeness (QED) is 0.862. The van der Waals surface area contributed by atoms with E-state index in [-0.39, 0.29) is 0 Å². The number of rotatable bonds is 4. The van der Waals surface area contributed by atoms with Gasteiger partial charge in [0.05, 0.1) is 5.69 Å². The van der Waals surface area contributed by atoms with E-state index in [4.69, 9.17) is 0 Å².